The lowest BCUT2D eigenvalue weighted by Crippen LogP contribution is -2.33. The molecule has 0 aromatic carbocycles. The molecule has 3 radical (unpaired) electrons. The number of hydrogen-bond acceptors (Lipinski definition) is 12. The number of aliphatic hydroxyl groups excluding tert-OH is 2. The molecule has 0 bridgehead atoms. The predicted octanol–water partition coefficient (Wildman–Crippen LogP) is -1.29. The number of thioether (sulfide) groups is 1. The minimum atomic E-state index is -4.94. The van der Waals surface area contributed by atoms with Crippen molar-refractivity contribution in [1.29, 1.82) is 0 Å². The van der Waals surface area contributed by atoms with Crippen LogP contribution in [0.15, 0.2) is 11.5 Å². The summed E-state index contributed by atoms with van der Waals surface area (Å²) >= 11 is 1.25. The third-order valence-electron chi connectivity index (χ3n) is 3.75. The molecular formula is C11H17BN5O9P2S. The fraction of sp³-hybridized carbons (Fsp3) is 0.545. The number of fused-ring (bicyclic) bond motifs is 1. The Kier molecular flexibility index (Phi) is 7.98. The first-order valence-corrected chi connectivity index (χ1v) is 11.4. The number of nitrogens with zero attached hydrogens (tertiary/aromatic N) is 4. The second-order valence-corrected chi connectivity index (χ2v) is 8.71. The number of ether oxygens (including phenoxy) is 1. The fourth-order valence-electron chi connectivity index (χ4n) is 2.54. The third-order valence-corrected chi connectivity index (χ3v) is 6.07. The van der Waals surface area contributed by atoms with Gasteiger partial charge in [0.15, 0.2) is 22.8 Å². The Morgan fingerprint density at radius 2 is 2.07 bits per heavy atom. The van der Waals surface area contributed by atoms with Crippen molar-refractivity contribution in [3.05, 3.63) is 6.33 Å². The molecule has 18 heteroatoms. The van der Waals surface area contributed by atoms with E-state index >= 15 is 0 Å². The van der Waals surface area contributed by atoms with Crippen LogP contribution in [-0.4, -0.2) is 84.0 Å². The van der Waals surface area contributed by atoms with Gasteiger partial charge in [-0.05, 0) is 6.26 Å². The van der Waals surface area contributed by atoms with Crippen LogP contribution in [-0.2, 0) is 18.1 Å². The van der Waals surface area contributed by atoms with Crippen molar-refractivity contribution in [2.24, 2.45) is 0 Å². The van der Waals surface area contributed by atoms with E-state index in [1.54, 1.807) is 6.26 Å². The fourth-order valence-corrected chi connectivity index (χ4v) is 4.10. The molecule has 29 heavy (non-hydrogen) atoms. The van der Waals surface area contributed by atoms with Gasteiger partial charge in [-0.25, -0.2) is 23.8 Å². The number of phosphoric acid groups is 1. The van der Waals surface area contributed by atoms with Crippen molar-refractivity contribution in [3.8, 4) is 0 Å². The van der Waals surface area contributed by atoms with Crippen LogP contribution in [0.1, 0.15) is 6.23 Å². The van der Waals surface area contributed by atoms with E-state index in [9.17, 15) is 19.7 Å². The smallest absolute Gasteiger partial charge is 0.387 e. The molecule has 5 atom stereocenters. The predicted molar refractivity (Wildman–Crippen MR) is 101 cm³/mol. The third kappa shape index (κ3) is 5.43. The standard InChI is InChI=1S/C11H17N5O9P2S.B/c1-28-11-14-8(12)5-9(15-11)16(3-13-5)10-7(18)6(17)4(24-10)2-23-26(19)25-27(20,21)22;/h3-4,6-7,10,17-19H,2H2,1H3,(H2,12,14,15)(H2,20,21,22);/t4-,6-,7-,10-,26-;/m1./s1. The van der Waals surface area contributed by atoms with E-state index in [0.29, 0.717) is 5.16 Å². The molecule has 0 aliphatic carbocycles. The van der Waals surface area contributed by atoms with E-state index in [1.165, 1.54) is 22.7 Å². The number of nitrogens with two attached hydrogens (primary N) is 1. The first kappa shape index (κ1) is 24.4. The quantitative estimate of drug-likeness (QED) is 0.121. The first-order valence-electron chi connectivity index (χ1n) is 7.53. The molecule has 1 aliphatic heterocycles. The molecule has 3 heterocycles. The Bertz CT molecular complexity index is 903. The summed E-state index contributed by atoms with van der Waals surface area (Å²) in [5, 5.41) is 20.9. The van der Waals surface area contributed by atoms with Crippen molar-refractivity contribution in [2.45, 2.75) is 29.7 Å². The van der Waals surface area contributed by atoms with Crippen molar-refractivity contribution in [2.75, 3.05) is 18.6 Å². The Morgan fingerprint density at radius 3 is 2.69 bits per heavy atom. The Morgan fingerprint density at radius 1 is 1.38 bits per heavy atom. The largest absolute Gasteiger partial charge is 0.476 e. The van der Waals surface area contributed by atoms with Crippen LogP contribution in [0, 0.1) is 0 Å². The highest BCUT2D eigenvalue weighted by atomic mass is 32.2. The van der Waals surface area contributed by atoms with Gasteiger partial charge in [-0.1, -0.05) is 11.8 Å². The molecule has 0 amide bonds. The van der Waals surface area contributed by atoms with Gasteiger partial charge in [0.25, 0.3) is 0 Å². The second kappa shape index (κ2) is 9.50. The van der Waals surface area contributed by atoms with Crippen LogP contribution in [0.4, 0.5) is 5.82 Å². The highest BCUT2D eigenvalue weighted by Gasteiger charge is 2.45. The minimum absolute atomic E-state index is 0. The topological polar surface area (TPSA) is 216 Å². The molecule has 7 N–H and O–H groups in total. The summed E-state index contributed by atoms with van der Waals surface area (Å²) in [5.41, 5.74) is 6.42. The lowest BCUT2D eigenvalue weighted by Gasteiger charge is -2.17. The normalized spacial score (nSPS) is 25.9. The highest BCUT2D eigenvalue weighted by molar-refractivity contribution is 7.98. The molecule has 14 nitrogen and oxygen atoms in total. The SMILES string of the molecule is CSc1nc(N)c2ncn([C@@H]3O[C@H](CO[P@@](O)OP(=O)(O)O)[C@@H](O)[C@H]3O)c2n1.[B]. The summed E-state index contributed by atoms with van der Waals surface area (Å²) in [6.45, 7) is -0.503. The summed E-state index contributed by atoms with van der Waals surface area (Å²) in [7, 11) is -7.85. The van der Waals surface area contributed by atoms with Crippen LogP contribution in [0.2, 0.25) is 0 Å². The highest BCUT2D eigenvalue weighted by Crippen LogP contribution is 2.52. The van der Waals surface area contributed by atoms with E-state index in [4.69, 9.17) is 24.8 Å². The summed E-state index contributed by atoms with van der Waals surface area (Å²) in [4.78, 5) is 39.0. The van der Waals surface area contributed by atoms with E-state index in [1.807, 2.05) is 0 Å². The van der Waals surface area contributed by atoms with Crippen LogP contribution in [0.25, 0.3) is 11.2 Å². The Labute approximate surface area is 171 Å². The van der Waals surface area contributed by atoms with E-state index in [0.717, 1.165) is 0 Å². The van der Waals surface area contributed by atoms with Gasteiger partial charge in [0.05, 0.1) is 12.9 Å². The lowest BCUT2D eigenvalue weighted by molar-refractivity contribution is -0.0485. The Balaban J connectivity index is 0.00000300. The van der Waals surface area contributed by atoms with Gasteiger partial charge < -0.3 is 39.9 Å². The van der Waals surface area contributed by atoms with E-state index in [-0.39, 0.29) is 25.4 Å². The molecule has 1 saturated heterocycles. The molecule has 0 saturated carbocycles. The molecule has 2 aromatic rings. The van der Waals surface area contributed by atoms with Gasteiger partial charge in [0.1, 0.15) is 23.8 Å². The van der Waals surface area contributed by atoms with Crippen molar-refractivity contribution >= 4 is 53.6 Å². The summed E-state index contributed by atoms with van der Waals surface area (Å²) in [5.74, 6) is 0.140. The molecular weight excluding hydrogens is 451 g/mol. The molecule has 1 fully saturated rings. The van der Waals surface area contributed by atoms with Crippen LogP contribution < -0.4 is 5.73 Å². The van der Waals surface area contributed by atoms with Crippen molar-refractivity contribution in [1.82, 2.24) is 19.5 Å². The number of aliphatic hydroxyl groups is 2. The number of hydrogen-bond donors (Lipinski definition) is 6. The maximum absolute atomic E-state index is 10.7. The van der Waals surface area contributed by atoms with E-state index < -0.39 is 47.6 Å². The van der Waals surface area contributed by atoms with Gasteiger partial charge in [0, 0.05) is 8.41 Å². The average Bonchev–Trinajstić information content (AvgIpc) is 3.14. The summed E-state index contributed by atoms with van der Waals surface area (Å²) in [6.07, 6.45) is -2.00. The molecule has 2 aromatic heterocycles. The van der Waals surface area contributed by atoms with Crippen molar-refractivity contribution in [3.63, 3.8) is 0 Å². The summed E-state index contributed by atoms with van der Waals surface area (Å²) < 4.78 is 26.3. The average molecular weight is 468 g/mol. The van der Waals surface area contributed by atoms with Crippen LogP contribution in [0.3, 0.4) is 0 Å². The number of anilines is 1. The first-order chi connectivity index (χ1) is 13.1. The van der Waals surface area contributed by atoms with Gasteiger partial charge in [0.2, 0.25) is 0 Å². The Hall–Kier alpha value is -0.895. The molecule has 3 rings (SSSR count). The zero-order valence-electron chi connectivity index (χ0n) is 14.7. The van der Waals surface area contributed by atoms with Crippen LogP contribution >= 0.6 is 28.2 Å². The number of rotatable bonds is 7. The molecule has 0 spiro atoms. The van der Waals surface area contributed by atoms with E-state index in [2.05, 4.69) is 19.3 Å². The number of imidazole rings is 1. The molecule has 159 valence electrons. The monoisotopic (exact) mass is 468 g/mol. The number of nitrogen functional groups attached to an aromatic ring is 1. The maximum Gasteiger partial charge on any atom is 0.476 e. The van der Waals surface area contributed by atoms with Gasteiger partial charge in [-0.15, -0.1) is 0 Å². The molecule has 1 aliphatic rings. The maximum atomic E-state index is 10.7. The second-order valence-electron chi connectivity index (χ2n) is 5.57. The molecule has 0 unspecified atom stereocenters. The zero-order chi connectivity index (χ0) is 20.6. The zero-order valence-corrected chi connectivity index (χ0v) is 17.3. The van der Waals surface area contributed by atoms with Gasteiger partial charge in [-0.3, -0.25) is 4.57 Å². The minimum Gasteiger partial charge on any atom is -0.387 e. The van der Waals surface area contributed by atoms with Crippen LogP contribution in [0.5, 0.6) is 0 Å². The van der Waals surface area contributed by atoms with Gasteiger partial charge in [-0.2, -0.15) is 0 Å². The summed E-state index contributed by atoms with van der Waals surface area (Å²) in [6, 6.07) is 0. The van der Waals surface area contributed by atoms with Gasteiger partial charge >= 0.3 is 16.4 Å². The van der Waals surface area contributed by atoms with Crippen molar-refractivity contribution < 1.29 is 43.0 Å². The number of aromatic nitrogens is 4. The lowest BCUT2D eigenvalue weighted by atomic mass is 10.1.